The fraction of sp³-hybridized carbons (Fsp3) is 0.111. The van der Waals surface area contributed by atoms with E-state index in [2.05, 4.69) is 22.6 Å². The summed E-state index contributed by atoms with van der Waals surface area (Å²) in [7, 11) is 0. The molecule has 0 saturated heterocycles. The molecule has 14 heavy (non-hydrogen) atoms. The molecule has 0 radical (unpaired) electrons. The van der Waals surface area contributed by atoms with Gasteiger partial charge in [0.1, 0.15) is 0 Å². The molecule has 0 aliphatic heterocycles. The molecular formula is C9H6INO2S. The summed E-state index contributed by atoms with van der Waals surface area (Å²) in [5.41, 5.74) is 1.13. The van der Waals surface area contributed by atoms with E-state index in [9.17, 15) is 10.1 Å². The fourth-order valence-electron chi connectivity index (χ4n) is 1.33. The van der Waals surface area contributed by atoms with Gasteiger partial charge in [0.2, 0.25) is 0 Å². The molecular weight excluding hydrogens is 313 g/mol. The largest absolute Gasteiger partial charge is 0.325 e. The molecule has 0 aliphatic rings. The van der Waals surface area contributed by atoms with E-state index in [0.29, 0.717) is 0 Å². The molecule has 0 spiro atoms. The van der Waals surface area contributed by atoms with Gasteiger partial charge in [0.15, 0.2) is 0 Å². The van der Waals surface area contributed by atoms with Crippen LogP contribution in [-0.4, -0.2) is 4.92 Å². The highest BCUT2D eigenvalue weighted by molar-refractivity contribution is 14.1. The van der Waals surface area contributed by atoms with Gasteiger partial charge in [-0.1, -0.05) is 17.4 Å². The lowest BCUT2D eigenvalue weighted by Crippen LogP contribution is -1.80. The standard InChI is InChI=1S/C9H6INO2S/c1-5-2-6-4-8(11(12)13)14-9(6)7(10)3-5/h2-4H,1H3. The summed E-state index contributed by atoms with van der Waals surface area (Å²) in [4.78, 5) is 10.2. The Bertz CT molecular complexity index is 521. The predicted molar refractivity (Wildman–Crippen MR) is 65.9 cm³/mol. The second kappa shape index (κ2) is 3.47. The number of thiophene rings is 1. The third-order valence-corrected chi connectivity index (χ3v) is 4.23. The zero-order chi connectivity index (χ0) is 10.3. The monoisotopic (exact) mass is 319 g/mol. The molecule has 2 aromatic rings. The first-order chi connectivity index (χ1) is 6.58. The van der Waals surface area contributed by atoms with Crippen LogP contribution in [0.15, 0.2) is 18.2 Å². The molecule has 72 valence electrons. The third kappa shape index (κ3) is 1.61. The number of nitro groups is 1. The Labute approximate surface area is 98.0 Å². The average molecular weight is 319 g/mol. The van der Waals surface area contributed by atoms with Gasteiger partial charge in [-0.2, -0.15) is 0 Å². The maximum atomic E-state index is 10.6. The first-order valence-electron chi connectivity index (χ1n) is 3.92. The maximum absolute atomic E-state index is 10.6. The number of aryl methyl sites for hydroxylation is 1. The van der Waals surface area contributed by atoms with E-state index in [4.69, 9.17) is 0 Å². The molecule has 0 atom stereocenters. The Kier molecular flexibility index (Phi) is 2.44. The normalized spacial score (nSPS) is 10.7. The minimum Gasteiger partial charge on any atom is -0.258 e. The molecule has 1 aromatic carbocycles. The van der Waals surface area contributed by atoms with Crippen molar-refractivity contribution in [2.75, 3.05) is 0 Å². The molecule has 0 fully saturated rings. The first kappa shape index (κ1) is 9.85. The topological polar surface area (TPSA) is 43.1 Å². The molecule has 1 heterocycles. The maximum Gasteiger partial charge on any atom is 0.325 e. The van der Waals surface area contributed by atoms with Crippen molar-refractivity contribution in [2.45, 2.75) is 6.92 Å². The fourth-order valence-corrected chi connectivity index (χ4v) is 3.32. The highest BCUT2D eigenvalue weighted by Crippen LogP contribution is 2.34. The zero-order valence-corrected chi connectivity index (χ0v) is 10.3. The van der Waals surface area contributed by atoms with E-state index in [1.807, 2.05) is 19.1 Å². The minimum atomic E-state index is -0.337. The average Bonchev–Trinajstić information content (AvgIpc) is 2.47. The van der Waals surface area contributed by atoms with E-state index in [1.54, 1.807) is 6.07 Å². The van der Waals surface area contributed by atoms with Gasteiger partial charge in [0, 0.05) is 15.0 Å². The summed E-state index contributed by atoms with van der Waals surface area (Å²) in [6.07, 6.45) is 0. The number of hydrogen-bond donors (Lipinski definition) is 0. The van der Waals surface area contributed by atoms with Crippen molar-refractivity contribution in [2.24, 2.45) is 0 Å². The molecule has 3 nitrogen and oxygen atoms in total. The van der Waals surface area contributed by atoms with Crippen molar-refractivity contribution < 1.29 is 4.92 Å². The molecule has 0 saturated carbocycles. The summed E-state index contributed by atoms with van der Waals surface area (Å²) in [6, 6.07) is 5.64. The van der Waals surface area contributed by atoms with E-state index in [0.717, 1.165) is 19.2 Å². The summed E-state index contributed by atoms with van der Waals surface area (Å²) in [5.74, 6) is 0. The van der Waals surface area contributed by atoms with Gasteiger partial charge in [0.25, 0.3) is 0 Å². The zero-order valence-electron chi connectivity index (χ0n) is 7.28. The highest BCUT2D eigenvalue weighted by atomic mass is 127. The molecule has 0 bridgehead atoms. The van der Waals surface area contributed by atoms with Crippen LogP contribution < -0.4 is 0 Å². The van der Waals surface area contributed by atoms with Crippen LogP contribution in [0.5, 0.6) is 0 Å². The van der Waals surface area contributed by atoms with Crippen molar-refractivity contribution in [1.29, 1.82) is 0 Å². The van der Waals surface area contributed by atoms with Crippen LogP contribution in [0.3, 0.4) is 0 Å². The summed E-state index contributed by atoms with van der Waals surface area (Å²) in [6.45, 7) is 1.99. The van der Waals surface area contributed by atoms with E-state index in [-0.39, 0.29) is 9.92 Å². The molecule has 5 heteroatoms. The van der Waals surface area contributed by atoms with Crippen molar-refractivity contribution in [3.8, 4) is 0 Å². The van der Waals surface area contributed by atoms with Crippen LogP contribution in [0.2, 0.25) is 0 Å². The second-order valence-electron chi connectivity index (χ2n) is 3.01. The Morgan fingerprint density at radius 1 is 1.43 bits per heavy atom. The van der Waals surface area contributed by atoms with Crippen LogP contribution in [0.4, 0.5) is 5.00 Å². The van der Waals surface area contributed by atoms with Crippen molar-refractivity contribution >= 4 is 49.0 Å². The lowest BCUT2D eigenvalue weighted by atomic mass is 10.2. The van der Waals surface area contributed by atoms with Crippen LogP contribution in [0, 0.1) is 20.6 Å². The van der Waals surface area contributed by atoms with Gasteiger partial charge >= 0.3 is 5.00 Å². The first-order valence-corrected chi connectivity index (χ1v) is 5.81. The van der Waals surface area contributed by atoms with Crippen LogP contribution in [0.25, 0.3) is 10.1 Å². The number of fused-ring (bicyclic) bond motifs is 1. The number of nitrogens with zero attached hydrogens (tertiary/aromatic N) is 1. The summed E-state index contributed by atoms with van der Waals surface area (Å²) < 4.78 is 2.08. The van der Waals surface area contributed by atoms with Crippen LogP contribution in [0.1, 0.15) is 5.56 Å². The summed E-state index contributed by atoms with van der Waals surface area (Å²) >= 11 is 3.44. The molecule has 0 N–H and O–H groups in total. The second-order valence-corrected chi connectivity index (χ2v) is 5.20. The van der Waals surface area contributed by atoms with Crippen molar-refractivity contribution in [3.05, 3.63) is 37.4 Å². The van der Waals surface area contributed by atoms with E-state index in [1.165, 1.54) is 11.3 Å². The number of halogens is 1. The molecule has 0 unspecified atom stereocenters. The van der Waals surface area contributed by atoms with Crippen LogP contribution in [-0.2, 0) is 0 Å². The van der Waals surface area contributed by atoms with Gasteiger partial charge in [-0.25, -0.2) is 0 Å². The minimum absolute atomic E-state index is 0.212. The Balaban J connectivity index is 2.76. The predicted octanol–water partition coefficient (Wildman–Crippen LogP) is 3.72. The SMILES string of the molecule is Cc1cc(I)c2sc([N+](=O)[O-])cc2c1. The number of rotatable bonds is 1. The quantitative estimate of drug-likeness (QED) is 0.457. The molecule has 0 amide bonds. The molecule has 1 aromatic heterocycles. The van der Waals surface area contributed by atoms with Crippen molar-refractivity contribution in [1.82, 2.24) is 0 Å². The number of hydrogen-bond acceptors (Lipinski definition) is 3. The lowest BCUT2D eigenvalue weighted by Gasteiger charge is -1.95. The summed E-state index contributed by atoms with van der Waals surface area (Å²) in [5, 5.41) is 11.8. The highest BCUT2D eigenvalue weighted by Gasteiger charge is 2.13. The van der Waals surface area contributed by atoms with Gasteiger partial charge < -0.3 is 0 Å². The third-order valence-electron chi connectivity index (χ3n) is 1.88. The lowest BCUT2D eigenvalue weighted by molar-refractivity contribution is -0.380. The Morgan fingerprint density at radius 2 is 2.14 bits per heavy atom. The van der Waals surface area contributed by atoms with Gasteiger partial charge in [-0.3, -0.25) is 10.1 Å². The van der Waals surface area contributed by atoms with Gasteiger partial charge in [0.05, 0.1) is 9.62 Å². The Morgan fingerprint density at radius 3 is 2.79 bits per heavy atom. The van der Waals surface area contributed by atoms with Gasteiger partial charge in [-0.05, 0) is 41.1 Å². The molecule has 2 rings (SSSR count). The van der Waals surface area contributed by atoms with Gasteiger partial charge in [-0.15, -0.1) is 0 Å². The van der Waals surface area contributed by atoms with E-state index >= 15 is 0 Å². The number of benzene rings is 1. The Hall–Kier alpha value is -0.690. The van der Waals surface area contributed by atoms with Crippen molar-refractivity contribution in [3.63, 3.8) is 0 Å². The smallest absolute Gasteiger partial charge is 0.258 e. The molecule has 0 aliphatic carbocycles. The van der Waals surface area contributed by atoms with Crippen LogP contribution >= 0.6 is 33.9 Å². The van der Waals surface area contributed by atoms with E-state index < -0.39 is 0 Å².